The Kier molecular flexibility index (Phi) is 6.72. The Labute approximate surface area is 153 Å². The first-order chi connectivity index (χ1) is 12.3. The highest BCUT2D eigenvalue weighted by Gasteiger charge is 2.32. The molecule has 2 fully saturated rings. The van der Waals surface area contributed by atoms with Gasteiger partial charge in [-0.2, -0.15) is 0 Å². The summed E-state index contributed by atoms with van der Waals surface area (Å²) in [7, 11) is 1.79. The zero-order valence-corrected chi connectivity index (χ0v) is 15.2. The van der Waals surface area contributed by atoms with E-state index in [0.29, 0.717) is 30.7 Å². The average molecular weight is 369 g/mol. The van der Waals surface area contributed by atoms with Crippen LogP contribution in [0.15, 0.2) is 23.3 Å². The van der Waals surface area contributed by atoms with Crippen molar-refractivity contribution in [2.24, 2.45) is 4.99 Å². The van der Waals surface area contributed by atoms with E-state index in [0.717, 1.165) is 38.5 Å². The van der Waals surface area contributed by atoms with E-state index in [4.69, 9.17) is 25.8 Å². The molecule has 0 bridgehead atoms. The standard InChI is InChI=1S/C17H25ClN4O3/c1-19-17(20-6-9-25-16-5-4-13(18)11-21-16)22-7-10-24-15(12-22)14-3-2-8-23-14/h4-5,11,14-15H,2-3,6-10,12H2,1H3,(H,19,20). The van der Waals surface area contributed by atoms with Gasteiger partial charge in [0, 0.05) is 39.0 Å². The molecule has 2 aliphatic heterocycles. The van der Waals surface area contributed by atoms with E-state index in [-0.39, 0.29) is 12.2 Å². The van der Waals surface area contributed by atoms with Gasteiger partial charge in [0.2, 0.25) is 5.88 Å². The highest BCUT2D eigenvalue weighted by Crippen LogP contribution is 2.21. The van der Waals surface area contributed by atoms with Crippen LogP contribution in [-0.2, 0) is 9.47 Å². The molecule has 2 saturated heterocycles. The van der Waals surface area contributed by atoms with Crippen LogP contribution in [0.5, 0.6) is 5.88 Å². The fourth-order valence-electron chi connectivity index (χ4n) is 3.09. The number of aromatic nitrogens is 1. The van der Waals surface area contributed by atoms with Crippen LogP contribution in [0.4, 0.5) is 0 Å². The third-order valence-electron chi connectivity index (χ3n) is 4.32. The summed E-state index contributed by atoms with van der Waals surface area (Å²) < 4.78 is 17.2. The first kappa shape index (κ1) is 18.2. The van der Waals surface area contributed by atoms with E-state index in [2.05, 4.69) is 20.2 Å². The van der Waals surface area contributed by atoms with Crippen LogP contribution in [0.25, 0.3) is 0 Å². The summed E-state index contributed by atoms with van der Waals surface area (Å²) >= 11 is 5.81. The zero-order chi connectivity index (χ0) is 17.5. The van der Waals surface area contributed by atoms with Crippen molar-refractivity contribution in [2.45, 2.75) is 25.0 Å². The lowest BCUT2D eigenvalue weighted by atomic mass is 10.1. The molecule has 2 aliphatic rings. The van der Waals surface area contributed by atoms with Gasteiger partial charge in [0.15, 0.2) is 5.96 Å². The van der Waals surface area contributed by atoms with Gasteiger partial charge in [0.25, 0.3) is 0 Å². The summed E-state index contributed by atoms with van der Waals surface area (Å²) in [5.74, 6) is 1.42. The topological polar surface area (TPSA) is 68.2 Å². The van der Waals surface area contributed by atoms with E-state index in [1.165, 1.54) is 0 Å². The Morgan fingerprint density at radius 1 is 1.40 bits per heavy atom. The highest BCUT2D eigenvalue weighted by molar-refractivity contribution is 6.30. The van der Waals surface area contributed by atoms with Crippen molar-refractivity contribution in [1.29, 1.82) is 0 Å². The number of rotatable bonds is 5. The van der Waals surface area contributed by atoms with Gasteiger partial charge >= 0.3 is 0 Å². The molecule has 3 heterocycles. The van der Waals surface area contributed by atoms with Crippen molar-refractivity contribution in [2.75, 3.05) is 46.5 Å². The molecule has 0 aliphatic carbocycles. The van der Waals surface area contributed by atoms with E-state index >= 15 is 0 Å². The lowest BCUT2D eigenvalue weighted by Crippen LogP contribution is -2.53. The monoisotopic (exact) mass is 368 g/mol. The number of nitrogens with zero attached hydrogens (tertiary/aromatic N) is 3. The first-order valence-corrected chi connectivity index (χ1v) is 9.07. The van der Waals surface area contributed by atoms with Crippen molar-refractivity contribution in [3.8, 4) is 5.88 Å². The average Bonchev–Trinajstić information content (AvgIpc) is 3.18. The third kappa shape index (κ3) is 5.20. The molecule has 7 nitrogen and oxygen atoms in total. The predicted molar refractivity (Wildman–Crippen MR) is 96.4 cm³/mol. The molecule has 1 N–H and O–H groups in total. The van der Waals surface area contributed by atoms with Gasteiger partial charge in [-0.1, -0.05) is 11.6 Å². The van der Waals surface area contributed by atoms with Crippen LogP contribution >= 0.6 is 11.6 Å². The Hall–Kier alpha value is -1.57. The van der Waals surface area contributed by atoms with Gasteiger partial charge in [-0.15, -0.1) is 0 Å². The molecular weight excluding hydrogens is 344 g/mol. The van der Waals surface area contributed by atoms with E-state index in [9.17, 15) is 0 Å². The number of guanidine groups is 1. The molecule has 0 spiro atoms. The smallest absolute Gasteiger partial charge is 0.213 e. The minimum absolute atomic E-state index is 0.115. The Morgan fingerprint density at radius 3 is 3.00 bits per heavy atom. The van der Waals surface area contributed by atoms with Crippen molar-refractivity contribution in [1.82, 2.24) is 15.2 Å². The number of aliphatic imine (C=N–C) groups is 1. The van der Waals surface area contributed by atoms with Gasteiger partial charge in [-0.05, 0) is 18.9 Å². The molecule has 138 valence electrons. The van der Waals surface area contributed by atoms with Crippen LogP contribution in [0.1, 0.15) is 12.8 Å². The SMILES string of the molecule is CN=C(NCCOc1ccc(Cl)cn1)N1CCOC(C2CCCO2)C1. The maximum Gasteiger partial charge on any atom is 0.213 e. The second-order valence-electron chi connectivity index (χ2n) is 6.04. The van der Waals surface area contributed by atoms with Crippen LogP contribution in [0.2, 0.25) is 5.02 Å². The molecule has 1 aromatic rings. The highest BCUT2D eigenvalue weighted by atomic mass is 35.5. The molecule has 25 heavy (non-hydrogen) atoms. The number of hydrogen-bond donors (Lipinski definition) is 1. The Balaban J connectivity index is 1.43. The maximum absolute atomic E-state index is 5.89. The van der Waals surface area contributed by atoms with Crippen molar-refractivity contribution in [3.05, 3.63) is 23.4 Å². The lowest BCUT2D eigenvalue weighted by Gasteiger charge is -2.37. The summed E-state index contributed by atoms with van der Waals surface area (Å²) in [5, 5.41) is 3.93. The fraction of sp³-hybridized carbons (Fsp3) is 0.647. The fourth-order valence-corrected chi connectivity index (χ4v) is 3.20. The van der Waals surface area contributed by atoms with Gasteiger partial charge in [-0.25, -0.2) is 4.98 Å². The van der Waals surface area contributed by atoms with Crippen molar-refractivity contribution < 1.29 is 14.2 Å². The van der Waals surface area contributed by atoms with Crippen LogP contribution in [0.3, 0.4) is 0 Å². The van der Waals surface area contributed by atoms with E-state index < -0.39 is 0 Å². The third-order valence-corrected chi connectivity index (χ3v) is 4.54. The molecule has 0 radical (unpaired) electrons. The zero-order valence-electron chi connectivity index (χ0n) is 14.5. The second kappa shape index (κ2) is 9.22. The van der Waals surface area contributed by atoms with Crippen LogP contribution in [0, 0.1) is 0 Å². The first-order valence-electron chi connectivity index (χ1n) is 8.69. The second-order valence-corrected chi connectivity index (χ2v) is 6.48. The number of halogens is 1. The molecule has 3 rings (SSSR count). The summed E-state index contributed by atoms with van der Waals surface area (Å²) in [4.78, 5) is 10.7. The Morgan fingerprint density at radius 2 is 2.28 bits per heavy atom. The van der Waals surface area contributed by atoms with Gasteiger partial charge in [-0.3, -0.25) is 4.99 Å². The quantitative estimate of drug-likeness (QED) is 0.483. The number of pyridine rings is 1. The molecular formula is C17H25ClN4O3. The van der Waals surface area contributed by atoms with Gasteiger partial charge in [0.1, 0.15) is 12.7 Å². The maximum atomic E-state index is 5.89. The number of nitrogens with one attached hydrogen (secondary N) is 1. The number of ether oxygens (including phenoxy) is 3. The molecule has 8 heteroatoms. The van der Waals surface area contributed by atoms with Crippen molar-refractivity contribution in [3.63, 3.8) is 0 Å². The van der Waals surface area contributed by atoms with Crippen LogP contribution < -0.4 is 10.1 Å². The summed E-state index contributed by atoms with van der Waals surface area (Å²) in [6.07, 6.45) is 4.09. The molecule has 2 unspecified atom stereocenters. The minimum atomic E-state index is 0.115. The summed E-state index contributed by atoms with van der Waals surface area (Å²) in [6.45, 7) is 4.28. The summed E-state index contributed by atoms with van der Waals surface area (Å²) in [5.41, 5.74) is 0. The van der Waals surface area contributed by atoms with E-state index in [1.54, 1.807) is 25.4 Å². The van der Waals surface area contributed by atoms with E-state index in [1.807, 2.05) is 0 Å². The molecule has 0 saturated carbocycles. The lowest BCUT2D eigenvalue weighted by molar-refractivity contribution is -0.0817. The number of morpholine rings is 1. The number of hydrogen-bond acceptors (Lipinski definition) is 5. The van der Waals surface area contributed by atoms with Crippen LogP contribution in [-0.4, -0.2) is 74.6 Å². The predicted octanol–water partition coefficient (Wildman–Crippen LogP) is 1.57. The largest absolute Gasteiger partial charge is 0.476 e. The Bertz CT molecular complexity index is 564. The normalized spacial score (nSPS) is 24.4. The molecule has 1 aromatic heterocycles. The van der Waals surface area contributed by atoms with Gasteiger partial charge < -0.3 is 24.4 Å². The summed E-state index contributed by atoms with van der Waals surface area (Å²) in [6, 6.07) is 3.51. The molecule has 0 aromatic carbocycles. The van der Waals surface area contributed by atoms with Gasteiger partial charge in [0.05, 0.1) is 24.3 Å². The minimum Gasteiger partial charge on any atom is -0.476 e. The molecule has 2 atom stereocenters. The molecule has 0 amide bonds. The van der Waals surface area contributed by atoms with Crippen molar-refractivity contribution >= 4 is 17.6 Å².